The van der Waals surface area contributed by atoms with Crippen LogP contribution in [0.25, 0.3) is 0 Å². The second-order valence-electron chi connectivity index (χ2n) is 4.61. The minimum atomic E-state index is -0.886. The molecule has 0 aliphatic heterocycles. The van der Waals surface area contributed by atoms with Crippen LogP contribution in [0.4, 0.5) is 11.4 Å². The summed E-state index contributed by atoms with van der Waals surface area (Å²) in [5.74, 6) is -1.59. The maximum atomic E-state index is 10.9. The van der Waals surface area contributed by atoms with E-state index in [4.69, 9.17) is 0 Å². The molecule has 0 bridgehead atoms. The molecule has 10 nitrogen and oxygen atoms in total. The van der Waals surface area contributed by atoms with Gasteiger partial charge in [0.15, 0.2) is 12.6 Å². The van der Waals surface area contributed by atoms with Crippen molar-refractivity contribution in [3.63, 3.8) is 0 Å². The topological polar surface area (TPSA) is 161 Å². The van der Waals surface area contributed by atoms with E-state index < -0.39 is 32.7 Å². The van der Waals surface area contributed by atoms with E-state index in [0.717, 1.165) is 36.0 Å². The van der Waals surface area contributed by atoms with E-state index in [2.05, 4.69) is 0 Å². The zero-order chi connectivity index (χ0) is 18.7. The lowest BCUT2D eigenvalue weighted by Gasteiger charge is -2.07. The maximum Gasteiger partial charge on any atom is 0.312 e. The molecule has 2 aromatic rings. The summed E-state index contributed by atoms with van der Waals surface area (Å²) in [5.41, 5.74) is -2.09. The second kappa shape index (κ2) is 6.97. The summed E-state index contributed by atoms with van der Waals surface area (Å²) in [6.07, 6.45) is 0.449. The molecular weight excluding hydrogens is 356 g/mol. The van der Waals surface area contributed by atoms with Gasteiger partial charge in [0.1, 0.15) is 0 Å². The van der Waals surface area contributed by atoms with Crippen molar-refractivity contribution in [2.75, 3.05) is 0 Å². The molecule has 0 spiro atoms. The molecule has 2 aromatic carbocycles. The Morgan fingerprint density at radius 2 is 1.16 bits per heavy atom. The molecule has 2 N–H and O–H groups in total. The van der Waals surface area contributed by atoms with Gasteiger partial charge in [0.2, 0.25) is 11.5 Å². The Kier molecular flexibility index (Phi) is 4.98. The number of benzene rings is 2. The number of hydrogen-bond donors (Lipinski definition) is 2. The molecule has 0 aliphatic carbocycles. The highest BCUT2D eigenvalue weighted by atomic mass is 32.2. The van der Waals surface area contributed by atoms with Gasteiger partial charge in [-0.15, -0.1) is 0 Å². The number of nitrogens with zero attached hydrogens (tertiary/aromatic N) is 2. The van der Waals surface area contributed by atoms with Crippen LogP contribution in [0.1, 0.15) is 20.7 Å². The lowest BCUT2D eigenvalue weighted by Crippen LogP contribution is -1.94. The van der Waals surface area contributed by atoms with Crippen LogP contribution in [0.5, 0.6) is 11.5 Å². The van der Waals surface area contributed by atoms with Gasteiger partial charge in [0.05, 0.1) is 21.0 Å². The van der Waals surface area contributed by atoms with E-state index in [0.29, 0.717) is 0 Å². The van der Waals surface area contributed by atoms with E-state index in [-0.39, 0.29) is 33.5 Å². The smallest absolute Gasteiger partial charge is 0.312 e. The van der Waals surface area contributed by atoms with Crippen LogP contribution in [0.2, 0.25) is 0 Å². The summed E-state index contributed by atoms with van der Waals surface area (Å²) in [7, 11) is 0. The quantitative estimate of drug-likeness (QED) is 0.446. The predicted octanol–water partition coefficient (Wildman–Crippen LogP) is 2.69. The Morgan fingerprint density at radius 3 is 1.44 bits per heavy atom. The number of aldehydes is 2. The third kappa shape index (κ3) is 3.55. The normalized spacial score (nSPS) is 10.2. The van der Waals surface area contributed by atoms with E-state index >= 15 is 0 Å². The summed E-state index contributed by atoms with van der Waals surface area (Å²) in [6, 6.07) is 4.26. The van der Waals surface area contributed by atoms with E-state index in [1.165, 1.54) is 0 Å². The minimum Gasteiger partial charge on any atom is -0.502 e. The van der Waals surface area contributed by atoms with E-state index in [1.54, 1.807) is 0 Å². The van der Waals surface area contributed by atoms with Crippen molar-refractivity contribution in [1.82, 2.24) is 0 Å². The molecule has 0 saturated heterocycles. The summed E-state index contributed by atoms with van der Waals surface area (Å²) in [5, 5.41) is 41.1. The molecule has 128 valence electrons. The standard InChI is InChI=1S/C14H8N2O8S/c17-5-7-1-9(3-11(13(7)19)15(21)22)25-10-2-8(6-18)14(20)12(4-10)16(23)24/h1-6,19-20H. The number of hydrogen-bond acceptors (Lipinski definition) is 9. The molecule has 0 aliphatic rings. The third-order valence-corrected chi connectivity index (χ3v) is 4.01. The fourth-order valence-electron chi connectivity index (χ4n) is 1.94. The van der Waals surface area contributed by atoms with Crippen LogP contribution in [0, 0.1) is 20.2 Å². The van der Waals surface area contributed by atoms with Gasteiger partial charge in [0.25, 0.3) is 0 Å². The number of phenolic OH excluding ortho intramolecular Hbond substituents is 2. The van der Waals surface area contributed by atoms with Crippen LogP contribution in [-0.4, -0.2) is 32.6 Å². The number of carbonyl (C=O) groups excluding carboxylic acids is 2. The zero-order valence-electron chi connectivity index (χ0n) is 12.1. The van der Waals surface area contributed by atoms with Gasteiger partial charge in [-0.25, -0.2) is 0 Å². The van der Waals surface area contributed by atoms with Crippen LogP contribution in [-0.2, 0) is 0 Å². The van der Waals surface area contributed by atoms with E-state index in [1.807, 2.05) is 0 Å². The zero-order valence-corrected chi connectivity index (χ0v) is 12.9. The molecule has 0 radical (unpaired) electrons. The number of rotatable bonds is 6. The van der Waals surface area contributed by atoms with Gasteiger partial charge in [-0.3, -0.25) is 29.8 Å². The van der Waals surface area contributed by atoms with Crippen LogP contribution in [0.15, 0.2) is 34.1 Å². The van der Waals surface area contributed by atoms with Crippen molar-refractivity contribution in [2.45, 2.75) is 9.79 Å². The van der Waals surface area contributed by atoms with Crippen molar-refractivity contribution in [3.8, 4) is 11.5 Å². The minimum absolute atomic E-state index is 0.128. The monoisotopic (exact) mass is 364 g/mol. The van der Waals surface area contributed by atoms with Gasteiger partial charge in [-0.05, 0) is 12.1 Å². The number of nitro groups is 2. The van der Waals surface area contributed by atoms with Crippen LogP contribution >= 0.6 is 11.8 Å². The molecule has 0 saturated carbocycles. The fraction of sp³-hybridized carbons (Fsp3) is 0. The molecule has 0 heterocycles. The Labute approximate surface area is 143 Å². The molecule has 25 heavy (non-hydrogen) atoms. The summed E-state index contributed by atoms with van der Waals surface area (Å²) < 4.78 is 0. The van der Waals surface area contributed by atoms with Crippen molar-refractivity contribution in [2.24, 2.45) is 0 Å². The molecule has 0 fully saturated rings. The van der Waals surface area contributed by atoms with Crippen LogP contribution < -0.4 is 0 Å². The van der Waals surface area contributed by atoms with Crippen molar-refractivity contribution in [1.29, 1.82) is 0 Å². The summed E-state index contributed by atoms with van der Waals surface area (Å²) in [6.45, 7) is 0. The van der Waals surface area contributed by atoms with Gasteiger partial charge in [-0.2, -0.15) is 0 Å². The second-order valence-corrected chi connectivity index (χ2v) is 5.76. The molecule has 0 unspecified atom stereocenters. The van der Waals surface area contributed by atoms with Crippen LogP contribution in [0.3, 0.4) is 0 Å². The van der Waals surface area contributed by atoms with E-state index in [9.17, 15) is 40.0 Å². The molecule has 0 atom stereocenters. The molecule has 11 heteroatoms. The number of aromatic hydroxyl groups is 2. The lowest BCUT2D eigenvalue weighted by atomic mass is 10.2. The van der Waals surface area contributed by atoms with Gasteiger partial charge in [0, 0.05) is 21.9 Å². The number of carbonyl (C=O) groups is 2. The highest BCUT2D eigenvalue weighted by Gasteiger charge is 2.22. The summed E-state index contributed by atoms with van der Waals surface area (Å²) in [4.78, 5) is 42.2. The SMILES string of the molecule is O=Cc1cc(Sc2cc(C=O)c(O)c([N+](=O)[O-])c2)cc([N+](=O)[O-])c1O. The third-order valence-electron chi connectivity index (χ3n) is 3.07. The van der Waals surface area contributed by atoms with Crippen molar-refractivity contribution < 1.29 is 29.6 Å². The fourth-order valence-corrected chi connectivity index (χ4v) is 2.93. The molecule has 2 rings (SSSR count). The average Bonchev–Trinajstić information content (AvgIpc) is 2.56. The lowest BCUT2D eigenvalue weighted by molar-refractivity contribution is -0.386. The van der Waals surface area contributed by atoms with Gasteiger partial charge in [-0.1, -0.05) is 11.8 Å². The highest BCUT2D eigenvalue weighted by molar-refractivity contribution is 7.99. The van der Waals surface area contributed by atoms with Crippen molar-refractivity contribution in [3.05, 3.63) is 55.6 Å². The number of phenols is 2. The van der Waals surface area contributed by atoms with Gasteiger partial charge >= 0.3 is 11.4 Å². The predicted molar refractivity (Wildman–Crippen MR) is 84.4 cm³/mol. The first-order valence-corrected chi connectivity index (χ1v) is 7.21. The maximum absolute atomic E-state index is 10.9. The average molecular weight is 364 g/mol. The molecular formula is C14H8N2O8S. The molecule has 0 amide bonds. The first-order valence-electron chi connectivity index (χ1n) is 6.39. The Morgan fingerprint density at radius 1 is 0.800 bits per heavy atom. The molecule has 0 aromatic heterocycles. The first kappa shape index (κ1) is 17.9. The Bertz CT molecular complexity index is 839. The van der Waals surface area contributed by atoms with Crippen molar-refractivity contribution >= 4 is 35.7 Å². The number of nitro benzene ring substituents is 2. The first-order chi connectivity index (χ1) is 11.8. The summed E-state index contributed by atoms with van der Waals surface area (Å²) >= 11 is 0.778. The Balaban J connectivity index is 2.56. The Hall–Kier alpha value is -3.47. The highest BCUT2D eigenvalue weighted by Crippen LogP contribution is 2.40. The van der Waals surface area contributed by atoms with Gasteiger partial charge < -0.3 is 10.2 Å². The largest absolute Gasteiger partial charge is 0.502 e.